The third-order valence-electron chi connectivity index (χ3n) is 4.69. The van der Waals surface area contributed by atoms with Crippen LogP contribution in [0.3, 0.4) is 0 Å². The van der Waals surface area contributed by atoms with Crippen molar-refractivity contribution in [3.8, 4) is 0 Å². The van der Waals surface area contributed by atoms with Gasteiger partial charge < -0.3 is 9.22 Å². The molecular weight excluding hydrogens is 310 g/mol. The van der Waals surface area contributed by atoms with E-state index >= 15 is 0 Å². The lowest BCUT2D eigenvalue weighted by molar-refractivity contribution is -0.938. The molecule has 1 aromatic heterocycles. The summed E-state index contributed by atoms with van der Waals surface area (Å²) in [6, 6.07) is 3.57. The van der Waals surface area contributed by atoms with Gasteiger partial charge in [0.05, 0.1) is 22.3 Å². The Morgan fingerprint density at radius 2 is 2.10 bits per heavy atom. The number of carbonyl (C=O) groups is 2. The molecule has 0 N–H and O–H groups in total. The number of hydrogen-bond acceptors (Lipinski definition) is 4. The van der Waals surface area contributed by atoms with Crippen LogP contribution < -0.4 is 0 Å². The van der Waals surface area contributed by atoms with Crippen LogP contribution in [0.15, 0.2) is 12.1 Å². The zero-order chi connectivity index (χ0) is 15.0. The van der Waals surface area contributed by atoms with Gasteiger partial charge in [0.15, 0.2) is 6.10 Å². The van der Waals surface area contributed by atoms with Crippen molar-refractivity contribution in [2.24, 2.45) is 5.92 Å². The van der Waals surface area contributed by atoms with E-state index in [1.807, 2.05) is 0 Å². The molecule has 3 aliphatic rings. The molecule has 1 atom stereocenters. The lowest BCUT2D eigenvalue weighted by Crippen LogP contribution is -2.65. The Morgan fingerprint density at radius 1 is 1.38 bits per heavy atom. The number of carbonyl (C=O) groups excluding carboxylic acids is 2. The number of rotatable bonds is 4. The fourth-order valence-corrected chi connectivity index (χ4v) is 4.61. The standard InChI is InChI=1S/C15H19ClNO3S/c1-10(18)20-13-9-17(6-4-11(13)5-7-17)8-12(19)14-2-3-15(16)21-14/h2-3,11,13H,4-9H2,1H3/q+1/t11?,13-,17?/m0/s1. The first-order valence-electron chi connectivity index (χ1n) is 7.28. The number of fused-ring (bicyclic) bond motifs is 3. The van der Waals surface area contributed by atoms with Crippen LogP contribution in [0.1, 0.15) is 29.4 Å². The molecule has 0 unspecified atom stereocenters. The molecule has 3 aliphatic heterocycles. The van der Waals surface area contributed by atoms with Crippen LogP contribution in [0.4, 0.5) is 0 Å². The number of ketones is 1. The van der Waals surface area contributed by atoms with Crippen molar-refractivity contribution >= 4 is 34.7 Å². The van der Waals surface area contributed by atoms with Gasteiger partial charge in [0.2, 0.25) is 5.78 Å². The molecule has 0 amide bonds. The van der Waals surface area contributed by atoms with Gasteiger partial charge in [0, 0.05) is 25.7 Å². The van der Waals surface area contributed by atoms with Gasteiger partial charge in [-0.15, -0.1) is 11.3 Å². The number of ether oxygens (including phenoxy) is 1. The summed E-state index contributed by atoms with van der Waals surface area (Å²) < 4.78 is 6.86. The van der Waals surface area contributed by atoms with Gasteiger partial charge in [-0.2, -0.15) is 0 Å². The molecule has 4 heterocycles. The summed E-state index contributed by atoms with van der Waals surface area (Å²) in [6.45, 7) is 4.73. The van der Waals surface area contributed by atoms with Gasteiger partial charge in [-0.1, -0.05) is 11.6 Å². The maximum absolute atomic E-state index is 12.5. The van der Waals surface area contributed by atoms with E-state index in [2.05, 4.69) is 0 Å². The second-order valence-electron chi connectivity index (χ2n) is 6.14. The first kappa shape index (κ1) is 15.0. The van der Waals surface area contributed by atoms with Crippen LogP contribution in [0.2, 0.25) is 4.34 Å². The second kappa shape index (κ2) is 5.71. The zero-order valence-corrected chi connectivity index (χ0v) is 13.6. The van der Waals surface area contributed by atoms with Crippen molar-refractivity contribution in [3.05, 3.63) is 21.3 Å². The fourth-order valence-electron chi connectivity index (χ4n) is 3.64. The van der Waals surface area contributed by atoms with Gasteiger partial charge in [-0.25, -0.2) is 0 Å². The molecule has 0 spiro atoms. The Morgan fingerprint density at radius 3 is 2.67 bits per heavy atom. The van der Waals surface area contributed by atoms with E-state index in [1.165, 1.54) is 18.3 Å². The smallest absolute Gasteiger partial charge is 0.303 e. The van der Waals surface area contributed by atoms with Crippen molar-refractivity contribution in [1.29, 1.82) is 0 Å². The lowest BCUT2D eigenvalue weighted by atomic mass is 9.83. The van der Waals surface area contributed by atoms with E-state index in [1.54, 1.807) is 12.1 Å². The minimum absolute atomic E-state index is 0.0234. The largest absolute Gasteiger partial charge is 0.456 e. The van der Waals surface area contributed by atoms with Crippen molar-refractivity contribution in [2.75, 3.05) is 26.2 Å². The minimum Gasteiger partial charge on any atom is -0.456 e. The summed E-state index contributed by atoms with van der Waals surface area (Å²) in [5, 5.41) is 0. The number of hydrogen-bond donors (Lipinski definition) is 0. The minimum atomic E-state index is -0.219. The van der Waals surface area contributed by atoms with Gasteiger partial charge in [-0.05, 0) is 12.1 Å². The van der Waals surface area contributed by atoms with E-state index in [9.17, 15) is 9.59 Å². The third kappa shape index (κ3) is 3.15. The predicted molar refractivity (Wildman–Crippen MR) is 81.7 cm³/mol. The van der Waals surface area contributed by atoms with E-state index in [-0.39, 0.29) is 17.9 Å². The highest BCUT2D eigenvalue weighted by Crippen LogP contribution is 2.36. The number of Topliss-reactive ketones (excluding diaryl/α,β-unsaturated/α-hetero) is 1. The molecule has 1 aromatic rings. The topological polar surface area (TPSA) is 43.4 Å². The molecule has 114 valence electrons. The van der Waals surface area contributed by atoms with Crippen LogP contribution in [-0.2, 0) is 9.53 Å². The van der Waals surface area contributed by atoms with Crippen LogP contribution in [-0.4, -0.2) is 48.5 Å². The van der Waals surface area contributed by atoms with Crippen LogP contribution in [0.5, 0.6) is 0 Å². The van der Waals surface area contributed by atoms with E-state index in [0.29, 0.717) is 16.8 Å². The summed E-state index contributed by atoms with van der Waals surface area (Å²) in [4.78, 5) is 24.4. The monoisotopic (exact) mass is 328 g/mol. The lowest BCUT2D eigenvalue weighted by Gasteiger charge is -2.51. The van der Waals surface area contributed by atoms with Gasteiger partial charge in [0.1, 0.15) is 13.1 Å². The number of piperidine rings is 3. The summed E-state index contributed by atoms with van der Waals surface area (Å²) in [6.07, 6.45) is 2.05. The van der Waals surface area contributed by atoms with Gasteiger partial charge in [-0.3, -0.25) is 9.59 Å². The molecule has 3 saturated heterocycles. The number of quaternary nitrogens is 1. The molecular formula is C15H19ClNO3S+. The van der Waals surface area contributed by atoms with E-state index < -0.39 is 0 Å². The molecule has 3 fully saturated rings. The summed E-state index contributed by atoms with van der Waals surface area (Å²) in [5.74, 6) is 0.400. The first-order valence-corrected chi connectivity index (χ1v) is 8.48. The van der Waals surface area contributed by atoms with Crippen LogP contribution in [0.25, 0.3) is 0 Å². The molecule has 21 heavy (non-hydrogen) atoms. The number of thiophene rings is 1. The van der Waals surface area contributed by atoms with Gasteiger partial charge >= 0.3 is 5.97 Å². The molecule has 0 aliphatic carbocycles. The maximum atomic E-state index is 12.5. The molecule has 6 heteroatoms. The Hall–Kier alpha value is -0.910. The quantitative estimate of drug-likeness (QED) is 0.485. The number of esters is 1. The van der Waals surface area contributed by atoms with E-state index in [4.69, 9.17) is 16.3 Å². The average Bonchev–Trinajstić information content (AvgIpc) is 2.85. The van der Waals surface area contributed by atoms with Crippen LogP contribution >= 0.6 is 22.9 Å². The third-order valence-corrected chi connectivity index (χ3v) is 5.96. The normalized spacial score (nSPS) is 31.1. The predicted octanol–water partition coefficient (Wildman–Crippen LogP) is 2.76. The second-order valence-corrected chi connectivity index (χ2v) is 7.86. The van der Waals surface area contributed by atoms with Crippen molar-refractivity contribution < 1.29 is 18.8 Å². The summed E-state index contributed by atoms with van der Waals surface area (Å²) >= 11 is 7.25. The fraction of sp³-hybridized carbons (Fsp3) is 0.600. The van der Waals surface area contributed by atoms with Crippen LogP contribution in [0, 0.1) is 5.92 Å². The Kier molecular flexibility index (Phi) is 4.08. The van der Waals surface area contributed by atoms with E-state index in [0.717, 1.165) is 41.8 Å². The SMILES string of the molecule is CC(=O)O[C@H]1C[N+]2(CC(=O)c3ccc(Cl)s3)CCC1CC2. The van der Waals surface area contributed by atoms with Crippen molar-refractivity contribution in [3.63, 3.8) is 0 Å². The Labute approximate surface area is 133 Å². The van der Waals surface area contributed by atoms with Gasteiger partial charge in [0.25, 0.3) is 0 Å². The molecule has 0 saturated carbocycles. The van der Waals surface area contributed by atoms with Crippen molar-refractivity contribution in [1.82, 2.24) is 0 Å². The number of nitrogens with zero attached hydrogens (tertiary/aromatic N) is 1. The molecule has 2 bridgehead atoms. The molecule has 0 radical (unpaired) electrons. The number of halogens is 1. The average molecular weight is 329 g/mol. The molecule has 4 rings (SSSR count). The highest BCUT2D eigenvalue weighted by Gasteiger charge is 2.48. The molecule has 0 aromatic carbocycles. The molecule has 4 nitrogen and oxygen atoms in total. The summed E-state index contributed by atoms with van der Waals surface area (Å²) in [7, 11) is 0. The Balaban J connectivity index is 1.71. The summed E-state index contributed by atoms with van der Waals surface area (Å²) in [5.41, 5.74) is 0. The maximum Gasteiger partial charge on any atom is 0.303 e. The highest BCUT2D eigenvalue weighted by atomic mass is 35.5. The first-order chi connectivity index (χ1) is 9.97. The zero-order valence-electron chi connectivity index (χ0n) is 12.0. The van der Waals surface area contributed by atoms with Crippen molar-refractivity contribution in [2.45, 2.75) is 25.9 Å². The highest BCUT2D eigenvalue weighted by molar-refractivity contribution is 7.18. The Bertz CT molecular complexity index is 563.